The predicted octanol–water partition coefficient (Wildman–Crippen LogP) is 1.69. The Hall–Kier alpha value is -0.540. The van der Waals surface area contributed by atoms with E-state index in [4.69, 9.17) is 21.1 Å². The van der Waals surface area contributed by atoms with Crippen molar-refractivity contribution in [2.45, 2.75) is 20.0 Å². The number of aryl methyl sites for hydroxylation is 1. The van der Waals surface area contributed by atoms with Gasteiger partial charge in [-0.25, -0.2) is 4.98 Å². The zero-order chi connectivity index (χ0) is 7.72. The fraction of sp³-hybridized carbons (Fsp3) is 0.500. The standard InChI is InChI=1S/C6H8ClNO2/c1-3-5(4(2)9)10-6(7)8-3/h4,9H,1-2H3. The first-order chi connectivity index (χ1) is 4.61. The molecule has 1 N–H and O–H groups in total. The van der Waals surface area contributed by atoms with Gasteiger partial charge in [0.1, 0.15) is 6.10 Å². The van der Waals surface area contributed by atoms with Gasteiger partial charge in [-0.05, 0) is 25.4 Å². The van der Waals surface area contributed by atoms with Gasteiger partial charge in [0.2, 0.25) is 0 Å². The van der Waals surface area contributed by atoms with Crippen LogP contribution >= 0.6 is 11.6 Å². The van der Waals surface area contributed by atoms with E-state index < -0.39 is 6.10 Å². The monoisotopic (exact) mass is 161 g/mol. The highest BCUT2D eigenvalue weighted by Gasteiger charge is 2.11. The van der Waals surface area contributed by atoms with E-state index in [-0.39, 0.29) is 5.35 Å². The Balaban J connectivity index is 3.03. The van der Waals surface area contributed by atoms with E-state index in [9.17, 15) is 0 Å². The predicted molar refractivity (Wildman–Crippen MR) is 36.9 cm³/mol. The molecule has 0 amide bonds. The smallest absolute Gasteiger partial charge is 0.292 e. The third kappa shape index (κ3) is 1.30. The molecule has 1 heterocycles. The molecule has 1 unspecified atom stereocenters. The maximum absolute atomic E-state index is 9.03. The van der Waals surface area contributed by atoms with Crippen LogP contribution in [0.2, 0.25) is 5.35 Å². The van der Waals surface area contributed by atoms with Crippen LogP contribution in [0.1, 0.15) is 24.5 Å². The summed E-state index contributed by atoms with van der Waals surface area (Å²) >= 11 is 5.42. The van der Waals surface area contributed by atoms with Gasteiger partial charge in [0.15, 0.2) is 5.76 Å². The molecule has 0 aromatic carbocycles. The van der Waals surface area contributed by atoms with Crippen LogP contribution in [0.4, 0.5) is 0 Å². The van der Waals surface area contributed by atoms with Gasteiger partial charge in [0.05, 0.1) is 5.69 Å². The van der Waals surface area contributed by atoms with Gasteiger partial charge in [0.25, 0.3) is 5.35 Å². The summed E-state index contributed by atoms with van der Waals surface area (Å²) in [5.74, 6) is 0.435. The molecule has 4 heteroatoms. The number of hydrogen-bond acceptors (Lipinski definition) is 3. The Kier molecular flexibility index (Phi) is 1.97. The maximum Gasteiger partial charge on any atom is 0.292 e. The average molecular weight is 162 g/mol. The Bertz CT molecular complexity index is 232. The van der Waals surface area contributed by atoms with Crippen molar-refractivity contribution in [2.75, 3.05) is 0 Å². The van der Waals surface area contributed by atoms with Crippen molar-refractivity contribution in [3.8, 4) is 0 Å². The van der Waals surface area contributed by atoms with Crippen LogP contribution in [0.5, 0.6) is 0 Å². The molecule has 1 aromatic heterocycles. The molecular formula is C6H8ClNO2. The van der Waals surface area contributed by atoms with Crippen LogP contribution in [0.25, 0.3) is 0 Å². The van der Waals surface area contributed by atoms with Gasteiger partial charge >= 0.3 is 0 Å². The number of aliphatic hydroxyl groups excluding tert-OH is 1. The van der Waals surface area contributed by atoms with Crippen molar-refractivity contribution in [1.29, 1.82) is 0 Å². The highest BCUT2D eigenvalue weighted by atomic mass is 35.5. The highest BCUT2D eigenvalue weighted by Crippen LogP contribution is 2.20. The number of nitrogens with zero attached hydrogens (tertiary/aromatic N) is 1. The molecule has 0 fully saturated rings. The third-order valence-corrected chi connectivity index (χ3v) is 1.35. The normalized spacial score (nSPS) is 13.6. The summed E-state index contributed by atoms with van der Waals surface area (Å²) in [6, 6.07) is 0. The van der Waals surface area contributed by atoms with Crippen molar-refractivity contribution in [1.82, 2.24) is 4.98 Å². The first kappa shape index (κ1) is 7.57. The quantitative estimate of drug-likeness (QED) is 0.682. The Morgan fingerprint density at radius 1 is 1.70 bits per heavy atom. The minimum atomic E-state index is -0.639. The summed E-state index contributed by atoms with van der Waals surface area (Å²) in [5.41, 5.74) is 0.639. The Morgan fingerprint density at radius 3 is 2.50 bits per heavy atom. The molecule has 1 rings (SSSR count). The molecule has 1 atom stereocenters. The first-order valence-electron chi connectivity index (χ1n) is 2.92. The Labute approximate surface area is 63.6 Å². The minimum Gasteiger partial charge on any atom is -0.430 e. The molecule has 0 aliphatic carbocycles. The highest BCUT2D eigenvalue weighted by molar-refractivity contribution is 6.27. The molecule has 1 aromatic rings. The van der Waals surface area contributed by atoms with Gasteiger partial charge < -0.3 is 9.52 Å². The molecule has 0 aliphatic rings. The second-order valence-electron chi connectivity index (χ2n) is 2.09. The molecule has 0 radical (unpaired) electrons. The molecule has 0 bridgehead atoms. The lowest BCUT2D eigenvalue weighted by Gasteiger charge is -1.96. The lowest BCUT2D eigenvalue weighted by atomic mass is 10.3. The fourth-order valence-electron chi connectivity index (χ4n) is 0.762. The number of aromatic nitrogens is 1. The van der Waals surface area contributed by atoms with Crippen molar-refractivity contribution < 1.29 is 9.52 Å². The average Bonchev–Trinajstić information content (AvgIpc) is 2.10. The lowest BCUT2D eigenvalue weighted by molar-refractivity contribution is 0.168. The molecule has 0 saturated heterocycles. The Morgan fingerprint density at radius 2 is 2.30 bits per heavy atom. The lowest BCUT2D eigenvalue weighted by Crippen LogP contribution is -1.90. The van der Waals surface area contributed by atoms with Crippen LogP contribution in [0.15, 0.2) is 4.42 Å². The second-order valence-corrected chi connectivity index (χ2v) is 2.42. The number of oxazole rings is 1. The maximum atomic E-state index is 9.03. The number of rotatable bonds is 1. The third-order valence-electron chi connectivity index (χ3n) is 1.19. The number of halogens is 1. The van der Waals surface area contributed by atoms with Crippen LogP contribution < -0.4 is 0 Å². The zero-order valence-electron chi connectivity index (χ0n) is 5.76. The molecule has 0 saturated carbocycles. The SMILES string of the molecule is Cc1nc(Cl)oc1C(C)O. The second kappa shape index (κ2) is 2.60. The number of hydrogen-bond donors (Lipinski definition) is 1. The summed E-state index contributed by atoms with van der Waals surface area (Å²) in [4.78, 5) is 3.77. The van der Waals surface area contributed by atoms with Crippen molar-refractivity contribution in [3.05, 3.63) is 16.8 Å². The van der Waals surface area contributed by atoms with E-state index in [1.807, 2.05) is 0 Å². The molecule has 0 spiro atoms. The van der Waals surface area contributed by atoms with Gasteiger partial charge in [-0.15, -0.1) is 0 Å². The summed E-state index contributed by atoms with van der Waals surface area (Å²) in [7, 11) is 0. The van der Waals surface area contributed by atoms with E-state index >= 15 is 0 Å². The van der Waals surface area contributed by atoms with Gasteiger partial charge in [-0.3, -0.25) is 0 Å². The van der Waals surface area contributed by atoms with E-state index in [1.165, 1.54) is 0 Å². The number of aliphatic hydroxyl groups is 1. The van der Waals surface area contributed by atoms with E-state index in [2.05, 4.69) is 4.98 Å². The van der Waals surface area contributed by atoms with Crippen LogP contribution in [-0.4, -0.2) is 10.1 Å². The van der Waals surface area contributed by atoms with E-state index in [0.717, 1.165) is 0 Å². The van der Waals surface area contributed by atoms with Crippen molar-refractivity contribution in [3.63, 3.8) is 0 Å². The summed E-state index contributed by atoms with van der Waals surface area (Å²) < 4.78 is 4.88. The minimum absolute atomic E-state index is 0.0772. The van der Waals surface area contributed by atoms with Crippen LogP contribution in [0, 0.1) is 6.92 Å². The van der Waals surface area contributed by atoms with Gasteiger partial charge in [0, 0.05) is 0 Å². The van der Waals surface area contributed by atoms with E-state index in [0.29, 0.717) is 11.5 Å². The largest absolute Gasteiger partial charge is 0.430 e. The zero-order valence-corrected chi connectivity index (χ0v) is 6.51. The van der Waals surface area contributed by atoms with Crippen LogP contribution in [-0.2, 0) is 0 Å². The van der Waals surface area contributed by atoms with Gasteiger partial charge in [-0.2, -0.15) is 0 Å². The molecule has 3 nitrogen and oxygen atoms in total. The summed E-state index contributed by atoms with van der Waals surface area (Å²) in [6.45, 7) is 3.33. The van der Waals surface area contributed by atoms with Gasteiger partial charge in [-0.1, -0.05) is 0 Å². The first-order valence-corrected chi connectivity index (χ1v) is 3.30. The van der Waals surface area contributed by atoms with Crippen molar-refractivity contribution in [2.24, 2.45) is 0 Å². The molecule has 56 valence electrons. The summed E-state index contributed by atoms with van der Waals surface area (Å²) in [5, 5.41) is 9.10. The topological polar surface area (TPSA) is 46.3 Å². The van der Waals surface area contributed by atoms with Crippen molar-refractivity contribution >= 4 is 11.6 Å². The molecule has 10 heavy (non-hydrogen) atoms. The molecular weight excluding hydrogens is 154 g/mol. The molecule has 0 aliphatic heterocycles. The van der Waals surface area contributed by atoms with E-state index in [1.54, 1.807) is 13.8 Å². The summed E-state index contributed by atoms with van der Waals surface area (Å²) in [6.07, 6.45) is -0.639. The fourth-order valence-corrected chi connectivity index (χ4v) is 0.972. The van der Waals surface area contributed by atoms with Crippen LogP contribution in [0.3, 0.4) is 0 Å².